The number of allylic oxidation sites excluding steroid dienone is 23. The molecule has 0 amide bonds. The summed E-state index contributed by atoms with van der Waals surface area (Å²) in [4.78, 5) is 19.3. The number of carbonyl (C=O) groups excluding carboxylic acids is 1. The lowest BCUT2D eigenvalue weighted by atomic mass is 9.68. The third kappa shape index (κ3) is 17.6. The quantitative estimate of drug-likeness (QED) is 0.0402. The van der Waals surface area contributed by atoms with Crippen LogP contribution in [0.4, 0.5) is 11.4 Å². The summed E-state index contributed by atoms with van der Waals surface area (Å²) in [6.45, 7) is 40.8. The molecule has 1 heterocycles. The average molecular weight is 1170 g/mol. The van der Waals surface area contributed by atoms with Crippen LogP contribution in [0.15, 0.2) is 206 Å². The molecule has 5 heteroatoms. The van der Waals surface area contributed by atoms with Crippen molar-refractivity contribution < 1.29 is 4.79 Å². The first kappa shape index (κ1) is 68.8. The van der Waals surface area contributed by atoms with Gasteiger partial charge in [0.15, 0.2) is 0 Å². The van der Waals surface area contributed by atoms with Crippen molar-refractivity contribution in [2.75, 3.05) is 11.2 Å². The van der Waals surface area contributed by atoms with Gasteiger partial charge in [0.2, 0.25) is 0 Å². The van der Waals surface area contributed by atoms with E-state index in [1.54, 1.807) is 23.5 Å². The second kappa shape index (κ2) is 34.9. The highest BCUT2D eigenvalue weighted by Crippen LogP contribution is 2.56. The lowest BCUT2D eigenvalue weighted by molar-refractivity contribution is -0.107. The van der Waals surface area contributed by atoms with E-state index in [1.807, 2.05) is 17.8 Å². The highest BCUT2D eigenvalue weighted by Gasteiger charge is 2.42. The second-order valence-electron chi connectivity index (χ2n) is 23.4. The molecule has 2 nitrogen and oxygen atoms in total. The fourth-order valence-electron chi connectivity index (χ4n) is 12.7. The van der Waals surface area contributed by atoms with Crippen LogP contribution < -0.4 is 4.90 Å². The number of hydrogen-bond donors (Lipinski definition) is 0. The van der Waals surface area contributed by atoms with E-state index in [0.717, 1.165) is 93.1 Å². The first-order chi connectivity index (χ1) is 40.1. The SMILES string of the molecule is C=C/C=C(SC)/C(=C\C1=CC(C)C(C=O)S1)SC(=C\C)/C(C)=C(/C=C(\C)c1ccc(N(/C(C)=C/C2=C(C)C(/C=C\C)=C(C=C)C2(CCCC)CCCC)c2ccc3c(c2)C(CCCC)(CCCC)C/C=C\C=C/C3=C)cc1)CCCCCC. The lowest BCUT2D eigenvalue weighted by Crippen LogP contribution is -2.28. The van der Waals surface area contributed by atoms with Crippen LogP contribution in [0.25, 0.3) is 11.1 Å². The largest absolute Gasteiger partial charge is 0.314 e. The van der Waals surface area contributed by atoms with Crippen molar-refractivity contribution in [2.24, 2.45) is 11.3 Å². The van der Waals surface area contributed by atoms with Crippen molar-refractivity contribution in [2.45, 2.75) is 209 Å². The molecule has 0 fully saturated rings. The van der Waals surface area contributed by atoms with E-state index in [0.29, 0.717) is 0 Å². The van der Waals surface area contributed by atoms with Gasteiger partial charge in [0, 0.05) is 42.1 Å². The Balaban J connectivity index is 1.76. The summed E-state index contributed by atoms with van der Waals surface area (Å²) in [5.41, 5.74) is 17.9. The molecule has 3 aliphatic rings. The zero-order valence-corrected chi connectivity index (χ0v) is 56.2. The number of carbonyl (C=O) groups is 1. The average Bonchev–Trinajstić information content (AvgIpc) is 3.25. The highest BCUT2D eigenvalue weighted by atomic mass is 32.2. The molecule has 2 aromatic rings. The number of fused-ring (bicyclic) bond motifs is 1. The van der Waals surface area contributed by atoms with Gasteiger partial charge in [-0.2, -0.15) is 0 Å². The number of anilines is 2. The molecule has 83 heavy (non-hydrogen) atoms. The van der Waals surface area contributed by atoms with Crippen molar-refractivity contribution >= 4 is 64.1 Å². The van der Waals surface area contributed by atoms with Crippen molar-refractivity contribution in [1.82, 2.24) is 0 Å². The van der Waals surface area contributed by atoms with Gasteiger partial charge in [-0.25, -0.2) is 0 Å². The number of unbranched alkanes of at least 4 members (excludes halogenated alkanes) is 7. The Hall–Kier alpha value is -4.94. The lowest BCUT2D eigenvalue weighted by Gasteiger charge is -2.38. The topological polar surface area (TPSA) is 20.3 Å². The van der Waals surface area contributed by atoms with Gasteiger partial charge >= 0.3 is 0 Å². The molecule has 2 aliphatic carbocycles. The van der Waals surface area contributed by atoms with Crippen LogP contribution in [-0.2, 0) is 10.2 Å². The molecule has 0 spiro atoms. The standard InChI is InChI=1S/C78H105NOS3/c1-17-26-31-34-39-64(61(14)73(25-9)83-75(74(81-16)37-23-7)55-67-52-59(12)76(56-80)82-67)51-58(11)63-40-42-65(43-41-63)79(60(13)53-71-62(15)69(36-22-6)70(24-8)78(71,49-29-20-4)50-30-21-5)66-44-45-68-57(10)38-33-32-35-48-77(46-27-18-2,47-28-19-3)72(68)54-66/h22-25,32-33,35-38,40-45,51-56,59,76H,7-8,10,17-21,26-31,34,39,46-50H2,1-6,9,11-16H3/b35-32-,36-22-,38-33-,58-51+,60-53+,64-61+,73-25-,74-37-,75-55+. The number of nitrogens with zero attached hydrogens (tertiary/aromatic N) is 1. The van der Waals surface area contributed by atoms with Gasteiger partial charge in [-0.1, -0.05) is 229 Å². The maximum atomic E-state index is 12.0. The summed E-state index contributed by atoms with van der Waals surface area (Å²) < 4.78 is 0. The Morgan fingerprint density at radius 2 is 1.43 bits per heavy atom. The first-order valence-electron chi connectivity index (χ1n) is 31.8. The Morgan fingerprint density at radius 3 is 2.01 bits per heavy atom. The molecule has 2 unspecified atom stereocenters. The van der Waals surface area contributed by atoms with E-state index in [-0.39, 0.29) is 22.0 Å². The van der Waals surface area contributed by atoms with Gasteiger partial charge in [-0.15, -0.1) is 23.5 Å². The van der Waals surface area contributed by atoms with E-state index in [4.69, 9.17) is 6.58 Å². The van der Waals surface area contributed by atoms with Crippen LogP contribution in [0.3, 0.4) is 0 Å². The molecule has 0 saturated heterocycles. The minimum atomic E-state index is -0.115. The highest BCUT2D eigenvalue weighted by molar-refractivity contribution is 8.10. The Morgan fingerprint density at radius 1 is 0.783 bits per heavy atom. The van der Waals surface area contributed by atoms with E-state index in [2.05, 4.69) is 229 Å². The summed E-state index contributed by atoms with van der Waals surface area (Å²) in [6, 6.07) is 16.8. The summed E-state index contributed by atoms with van der Waals surface area (Å²) in [5.74, 6) is 0.203. The molecule has 0 saturated carbocycles. The Labute approximate surface area is 520 Å². The molecule has 0 N–H and O–H groups in total. The summed E-state index contributed by atoms with van der Waals surface area (Å²) >= 11 is 5.24. The maximum absolute atomic E-state index is 12.0. The van der Waals surface area contributed by atoms with Gasteiger partial charge in [-0.3, -0.25) is 0 Å². The van der Waals surface area contributed by atoms with Crippen LogP contribution in [-0.4, -0.2) is 17.8 Å². The van der Waals surface area contributed by atoms with Crippen molar-refractivity contribution in [3.8, 4) is 0 Å². The minimum absolute atomic E-state index is 0.0171. The van der Waals surface area contributed by atoms with Gasteiger partial charge in [0.1, 0.15) is 6.29 Å². The van der Waals surface area contributed by atoms with E-state index >= 15 is 0 Å². The number of thioether (sulfide) groups is 3. The van der Waals surface area contributed by atoms with Crippen LogP contribution in [0.5, 0.6) is 0 Å². The second-order valence-corrected chi connectivity index (χ2v) is 26.6. The molecule has 1 aliphatic heterocycles. The smallest absolute Gasteiger partial charge is 0.133 e. The Bertz CT molecular complexity index is 2930. The minimum Gasteiger partial charge on any atom is -0.314 e. The predicted octanol–water partition coefficient (Wildman–Crippen LogP) is 25.1. The molecule has 0 bridgehead atoms. The van der Waals surface area contributed by atoms with Gasteiger partial charge in [-0.05, 0) is 208 Å². The Kier molecular flexibility index (Phi) is 28.9. The molecule has 0 radical (unpaired) electrons. The summed E-state index contributed by atoms with van der Waals surface area (Å²) in [7, 11) is 0. The van der Waals surface area contributed by atoms with Gasteiger partial charge in [0.25, 0.3) is 0 Å². The third-order valence-corrected chi connectivity index (χ3v) is 21.1. The molecule has 2 aromatic carbocycles. The van der Waals surface area contributed by atoms with Crippen LogP contribution in [0, 0.1) is 11.3 Å². The number of hydrogen-bond acceptors (Lipinski definition) is 5. The zero-order valence-electron chi connectivity index (χ0n) is 53.8. The number of rotatable bonds is 33. The van der Waals surface area contributed by atoms with E-state index < -0.39 is 0 Å². The number of aldehydes is 1. The molecule has 446 valence electrons. The van der Waals surface area contributed by atoms with Crippen LogP contribution in [0.2, 0.25) is 0 Å². The molecule has 2 atom stereocenters. The van der Waals surface area contributed by atoms with Crippen molar-refractivity contribution in [3.63, 3.8) is 0 Å². The summed E-state index contributed by atoms with van der Waals surface area (Å²) in [5, 5.41) is -0.0491. The van der Waals surface area contributed by atoms with Crippen LogP contribution >= 0.6 is 35.3 Å². The normalized spacial score (nSPS) is 19.8. The number of benzene rings is 2. The van der Waals surface area contributed by atoms with Crippen molar-refractivity contribution in [3.05, 3.63) is 223 Å². The fraction of sp³-hybridized carbons (Fsp3) is 0.449. The molecular formula is C78H105NOS3. The molecular weight excluding hydrogens is 1060 g/mol. The van der Waals surface area contributed by atoms with E-state index in [9.17, 15) is 4.79 Å². The van der Waals surface area contributed by atoms with Gasteiger partial charge < -0.3 is 9.69 Å². The van der Waals surface area contributed by atoms with E-state index in [1.165, 1.54) is 127 Å². The van der Waals surface area contributed by atoms with Crippen LogP contribution in [0.1, 0.15) is 215 Å². The predicted molar refractivity (Wildman–Crippen MR) is 379 cm³/mol. The maximum Gasteiger partial charge on any atom is 0.133 e. The monoisotopic (exact) mass is 1170 g/mol. The molecule has 0 aromatic heterocycles. The fourth-order valence-corrected chi connectivity index (χ4v) is 15.8. The van der Waals surface area contributed by atoms with Crippen molar-refractivity contribution in [1.29, 1.82) is 0 Å². The first-order valence-corrected chi connectivity index (χ1v) is 34.7. The zero-order chi connectivity index (χ0) is 60.5. The molecule has 5 rings (SSSR count). The third-order valence-electron chi connectivity index (χ3n) is 17.5. The van der Waals surface area contributed by atoms with Gasteiger partial charge in [0.05, 0.1) is 5.25 Å². The summed E-state index contributed by atoms with van der Waals surface area (Å²) in [6.07, 6.45) is 55.5.